The van der Waals surface area contributed by atoms with Gasteiger partial charge in [-0.1, -0.05) is 12.2 Å². The number of thiocarbonyl (C=S) groups is 1. The van der Waals surface area contributed by atoms with Crippen LogP contribution in [0.4, 0.5) is 5.69 Å². The van der Waals surface area contributed by atoms with Crippen molar-refractivity contribution in [1.29, 1.82) is 0 Å². The second kappa shape index (κ2) is 5.88. The molecule has 0 fully saturated rings. The van der Waals surface area contributed by atoms with E-state index in [1.807, 2.05) is 24.3 Å². The summed E-state index contributed by atoms with van der Waals surface area (Å²) in [4.78, 5) is 8.40. The maximum absolute atomic E-state index is 5.57. The number of rotatable bonds is 4. The second-order valence-electron chi connectivity index (χ2n) is 3.61. The molecule has 2 rings (SSSR count). The molecular weight excluding hydrogens is 312 g/mol. The van der Waals surface area contributed by atoms with Gasteiger partial charge in [0.05, 0.1) is 12.2 Å². The van der Waals surface area contributed by atoms with E-state index in [9.17, 15) is 0 Å². The van der Waals surface area contributed by atoms with Crippen molar-refractivity contribution in [3.05, 3.63) is 52.5 Å². The van der Waals surface area contributed by atoms with Crippen LogP contribution in [0.3, 0.4) is 0 Å². The molecule has 0 spiro atoms. The van der Waals surface area contributed by atoms with Crippen LogP contribution in [-0.4, -0.2) is 15.0 Å². The molecule has 0 saturated carbocycles. The summed E-state index contributed by atoms with van der Waals surface area (Å²) in [5.74, 6) is 0. The summed E-state index contributed by atoms with van der Waals surface area (Å²) < 4.78 is 0.918. The maximum Gasteiger partial charge on any atom is 0.115 e. The smallest absolute Gasteiger partial charge is 0.115 e. The summed E-state index contributed by atoms with van der Waals surface area (Å²) in [5.41, 5.74) is 8.30. The molecule has 0 radical (unpaired) electrons. The van der Waals surface area contributed by atoms with Crippen molar-refractivity contribution in [3.63, 3.8) is 0 Å². The molecule has 0 unspecified atom stereocenters. The molecule has 3 N–H and O–H groups in total. The quantitative estimate of drug-likeness (QED) is 0.847. The Bertz CT molecular complexity index is 559. The van der Waals surface area contributed by atoms with E-state index in [0.717, 1.165) is 21.4 Å². The molecule has 18 heavy (non-hydrogen) atoms. The van der Waals surface area contributed by atoms with Gasteiger partial charge in [0.2, 0.25) is 0 Å². The Kier molecular flexibility index (Phi) is 4.22. The standard InChI is InChI=1S/C12H11BrN4S/c13-10-5-8(12(14)18)1-2-11(10)16-6-9-3-4-15-7-17-9/h1-5,7,16H,6H2,(H2,14,18). The summed E-state index contributed by atoms with van der Waals surface area (Å²) in [6, 6.07) is 7.57. The monoisotopic (exact) mass is 322 g/mol. The first-order chi connectivity index (χ1) is 8.66. The van der Waals surface area contributed by atoms with Gasteiger partial charge in [0.25, 0.3) is 0 Å². The zero-order valence-electron chi connectivity index (χ0n) is 9.43. The lowest BCUT2D eigenvalue weighted by Gasteiger charge is -2.09. The van der Waals surface area contributed by atoms with Crippen molar-refractivity contribution in [2.75, 3.05) is 5.32 Å². The van der Waals surface area contributed by atoms with Crippen molar-refractivity contribution in [3.8, 4) is 0 Å². The average Bonchev–Trinajstić information content (AvgIpc) is 2.38. The van der Waals surface area contributed by atoms with E-state index < -0.39 is 0 Å². The van der Waals surface area contributed by atoms with Crippen LogP contribution in [0.1, 0.15) is 11.3 Å². The van der Waals surface area contributed by atoms with Gasteiger partial charge in [-0.2, -0.15) is 0 Å². The summed E-state index contributed by atoms with van der Waals surface area (Å²) >= 11 is 8.40. The number of benzene rings is 1. The molecule has 0 aliphatic carbocycles. The van der Waals surface area contributed by atoms with E-state index in [4.69, 9.17) is 18.0 Å². The normalized spacial score (nSPS) is 10.1. The Morgan fingerprint density at radius 1 is 1.39 bits per heavy atom. The fourth-order valence-electron chi connectivity index (χ4n) is 1.42. The number of aromatic nitrogens is 2. The zero-order valence-corrected chi connectivity index (χ0v) is 11.8. The lowest BCUT2D eigenvalue weighted by atomic mass is 10.2. The number of anilines is 1. The lowest BCUT2D eigenvalue weighted by molar-refractivity contribution is 1.01. The van der Waals surface area contributed by atoms with Crippen molar-refractivity contribution in [2.45, 2.75) is 6.54 Å². The van der Waals surface area contributed by atoms with Gasteiger partial charge in [-0.05, 0) is 40.2 Å². The molecule has 0 atom stereocenters. The van der Waals surface area contributed by atoms with Gasteiger partial charge in [0.15, 0.2) is 0 Å². The molecular formula is C12H11BrN4S. The van der Waals surface area contributed by atoms with Crippen molar-refractivity contribution in [1.82, 2.24) is 9.97 Å². The summed E-state index contributed by atoms with van der Waals surface area (Å²) in [7, 11) is 0. The Balaban J connectivity index is 2.08. The first-order valence-corrected chi connectivity index (χ1v) is 6.45. The molecule has 1 heterocycles. The number of halogens is 1. The Morgan fingerprint density at radius 3 is 2.83 bits per heavy atom. The first kappa shape index (κ1) is 12.9. The van der Waals surface area contributed by atoms with E-state index in [1.54, 1.807) is 6.20 Å². The van der Waals surface area contributed by atoms with E-state index in [-0.39, 0.29) is 0 Å². The van der Waals surface area contributed by atoms with Crippen LogP contribution in [0.15, 0.2) is 41.3 Å². The molecule has 92 valence electrons. The molecule has 4 nitrogen and oxygen atoms in total. The van der Waals surface area contributed by atoms with E-state index in [0.29, 0.717) is 11.5 Å². The number of hydrogen-bond acceptors (Lipinski definition) is 4. The van der Waals surface area contributed by atoms with Gasteiger partial charge >= 0.3 is 0 Å². The van der Waals surface area contributed by atoms with E-state index in [2.05, 4.69) is 31.2 Å². The van der Waals surface area contributed by atoms with Crippen molar-refractivity contribution < 1.29 is 0 Å². The Labute approximate surface area is 119 Å². The Hall–Kier alpha value is -1.53. The molecule has 0 bridgehead atoms. The second-order valence-corrected chi connectivity index (χ2v) is 4.91. The molecule has 0 saturated heterocycles. The molecule has 6 heteroatoms. The lowest BCUT2D eigenvalue weighted by Crippen LogP contribution is -2.09. The van der Waals surface area contributed by atoms with Crippen LogP contribution in [0, 0.1) is 0 Å². The third-order valence-electron chi connectivity index (χ3n) is 2.36. The number of nitrogens with two attached hydrogens (primary N) is 1. The van der Waals surface area contributed by atoms with Crippen LogP contribution in [0.2, 0.25) is 0 Å². The van der Waals surface area contributed by atoms with Crippen LogP contribution >= 0.6 is 28.1 Å². The Morgan fingerprint density at radius 2 is 2.22 bits per heavy atom. The van der Waals surface area contributed by atoms with Crippen LogP contribution < -0.4 is 11.1 Å². The zero-order chi connectivity index (χ0) is 13.0. The van der Waals surface area contributed by atoms with Crippen LogP contribution in [-0.2, 0) is 6.54 Å². The predicted octanol–water partition coefficient (Wildman–Crippen LogP) is 2.49. The summed E-state index contributed by atoms with van der Waals surface area (Å²) in [5, 5.41) is 3.27. The highest BCUT2D eigenvalue weighted by atomic mass is 79.9. The van der Waals surface area contributed by atoms with Crippen LogP contribution in [0.5, 0.6) is 0 Å². The largest absolute Gasteiger partial charge is 0.389 e. The maximum atomic E-state index is 5.57. The molecule has 0 amide bonds. The van der Waals surface area contributed by atoms with Gasteiger partial charge in [-0.3, -0.25) is 0 Å². The molecule has 2 aromatic rings. The average molecular weight is 323 g/mol. The van der Waals surface area contributed by atoms with Gasteiger partial charge in [0, 0.05) is 21.9 Å². The van der Waals surface area contributed by atoms with Gasteiger partial charge in [0.1, 0.15) is 11.3 Å². The number of nitrogens with zero attached hydrogens (tertiary/aromatic N) is 2. The predicted molar refractivity (Wildman–Crippen MR) is 79.4 cm³/mol. The topological polar surface area (TPSA) is 63.8 Å². The van der Waals surface area contributed by atoms with Gasteiger partial charge in [-0.25, -0.2) is 9.97 Å². The minimum Gasteiger partial charge on any atom is -0.389 e. The van der Waals surface area contributed by atoms with Crippen molar-refractivity contribution >= 4 is 38.8 Å². The van der Waals surface area contributed by atoms with Crippen molar-refractivity contribution in [2.24, 2.45) is 5.73 Å². The number of hydrogen-bond donors (Lipinski definition) is 2. The molecule has 1 aromatic carbocycles. The van der Waals surface area contributed by atoms with E-state index in [1.165, 1.54) is 6.33 Å². The summed E-state index contributed by atoms with van der Waals surface area (Å²) in [6.07, 6.45) is 3.25. The highest BCUT2D eigenvalue weighted by Crippen LogP contribution is 2.24. The van der Waals surface area contributed by atoms with Crippen LogP contribution in [0.25, 0.3) is 0 Å². The van der Waals surface area contributed by atoms with E-state index >= 15 is 0 Å². The minimum atomic E-state index is 0.387. The fraction of sp³-hybridized carbons (Fsp3) is 0.0833. The highest BCUT2D eigenvalue weighted by Gasteiger charge is 2.03. The minimum absolute atomic E-state index is 0.387. The summed E-state index contributed by atoms with van der Waals surface area (Å²) in [6.45, 7) is 0.632. The molecule has 1 aromatic heterocycles. The third-order valence-corrected chi connectivity index (χ3v) is 3.25. The van der Waals surface area contributed by atoms with Gasteiger partial charge in [-0.15, -0.1) is 0 Å². The van der Waals surface area contributed by atoms with Gasteiger partial charge < -0.3 is 11.1 Å². The third kappa shape index (κ3) is 3.24. The first-order valence-electron chi connectivity index (χ1n) is 5.25. The number of nitrogens with one attached hydrogen (secondary N) is 1. The molecule has 0 aliphatic heterocycles. The molecule has 0 aliphatic rings. The SMILES string of the molecule is NC(=S)c1ccc(NCc2ccncn2)c(Br)c1. The highest BCUT2D eigenvalue weighted by molar-refractivity contribution is 9.10. The fourth-order valence-corrected chi connectivity index (χ4v) is 2.07.